The van der Waals surface area contributed by atoms with Crippen LogP contribution in [0, 0.1) is 0 Å². The summed E-state index contributed by atoms with van der Waals surface area (Å²) in [5.41, 5.74) is 1.49. The molecule has 2 N–H and O–H groups in total. The van der Waals surface area contributed by atoms with E-state index >= 15 is 0 Å². The number of nitrogens with zero attached hydrogens (tertiary/aromatic N) is 3. The molecule has 2 aromatic rings. The molecule has 136 valence electrons. The molecule has 0 bridgehead atoms. The normalized spacial score (nSPS) is 19.4. The van der Waals surface area contributed by atoms with Crippen molar-refractivity contribution in [1.82, 2.24) is 20.1 Å². The van der Waals surface area contributed by atoms with Gasteiger partial charge >= 0.3 is 6.09 Å². The number of rotatable bonds is 4. The maximum Gasteiger partial charge on any atom is 0.410 e. The molecule has 26 heavy (non-hydrogen) atoms. The van der Waals surface area contributed by atoms with Gasteiger partial charge in [0.1, 0.15) is 11.9 Å². The van der Waals surface area contributed by atoms with Crippen molar-refractivity contribution in [3.05, 3.63) is 30.1 Å². The Kier molecular flexibility index (Phi) is 4.32. The van der Waals surface area contributed by atoms with Crippen LogP contribution in [0.2, 0.25) is 0 Å². The number of carbonyl (C=O) groups excluding carboxylic acids is 2. The summed E-state index contributed by atoms with van der Waals surface area (Å²) in [6, 6.07) is 6.91. The lowest BCUT2D eigenvalue weighted by Gasteiger charge is -2.22. The molecule has 1 unspecified atom stereocenters. The van der Waals surface area contributed by atoms with Crippen molar-refractivity contribution in [1.29, 1.82) is 0 Å². The van der Waals surface area contributed by atoms with Crippen molar-refractivity contribution in [3.8, 4) is 11.4 Å². The zero-order valence-electron chi connectivity index (χ0n) is 14.6. The van der Waals surface area contributed by atoms with Crippen LogP contribution in [-0.4, -0.2) is 51.8 Å². The molecule has 1 atom stereocenters. The van der Waals surface area contributed by atoms with Crippen LogP contribution in [0.1, 0.15) is 37.4 Å². The van der Waals surface area contributed by atoms with Crippen molar-refractivity contribution in [2.75, 3.05) is 19.0 Å². The number of carbonyl (C=O) groups is 2. The van der Waals surface area contributed by atoms with E-state index in [0.29, 0.717) is 30.4 Å². The third-order valence-corrected chi connectivity index (χ3v) is 4.82. The second-order valence-electron chi connectivity index (χ2n) is 6.71. The first-order valence-corrected chi connectivity index (χ1v) is 8.84. The molecule has 2 fully saturated rings. The fourth-order valence-electron chi connectivity index (χ4n) is 3.28. The molecule has 8 heteroatoms. The smallest absolute Gasteiger partial charge is 0.410 e. The van der Waals surface area contributed by atoms with Crippen LogP contribution in [0.25, 0.3) is 11.4 Å². The quantitative estimate of drug-likeness (QED) is 0.878. The molecule has 2 aliphatic rings. The minimum absolute atomic E-state index is 0.210. The average molecular weight is 355 g/mol. The predicted octanol–water partition coefficient (Wildman–Crippen LogP) is 2.52. The first-order chi connectivity index (χ1) is 12.7. The molecular formula is C18H21N5O3. The topological polar surface area (TPSA) is 100 Å². The highest BCUT2D eigenvalue weighted by atomic mass is 16.5. The van der Waals surface area contributed by atoms with Gasteiger partial charge < -0.3 is 10.1 Å². The number of H-pyrrole nitrogens is 1. The summed E-state index contributed by atoms with van der Waals surface area (Å²) in [6.45, 7) is 0.534. The summed E-state index contributed by atoms with van der Waals surface area (Å²) in [5.74, 6) is 1.85. The predicted molar refractivity (Wildman–Crippen MR) is 94.6 cm³/mol. The second kappa shape index (κ2) is 6.78. The Morgan fingerprint density at radius 3 is 2.92 bits per heavy atom. The van der Waals surface area contributed by atoms with Gasteiger partial charge in [-0.25, -0.2) is 9.78 Å². The SMILES string of the molecule is COC(=O)N1CCCC1C(=O)Nc1cccc(-c2n[nH]c(C3CC3)n2)c1. The van der Waals surface area contributed by atoms with Crippen LogP contribution in [0.3, 0.4) is 0 Å². The number of likely N-dealkylation sites (tertiary alicyclic amines) is 1. The van der Waals surface area contributed by atoms with E-state index in [4.69, 9.17) is 4.74 Å². The van der Waals surface area contributed by atoms with Crippen molar-refractivity contribution in [3.63, 3.8) is 0 Å². The Morgan fingerprint density at radius 2 is 2.15 bits per heavy atom. The third kappa shape index (κ3) is 3.26. The van der Waals surface area contributed by atoms with Gasteiger partial charge in [-0.15, -0.1) is 0 Å². The molecule has 1 saturated carbocycles. The summed E-state index contributed by atoms with van der Waals surface area (Å²) >= 11 is 0. The molecule has 0 radical (unpaired) electrons. The van der Waals surface area contributed by atoms with Gasteiger partial charge in [-0.05, 0) is 37.8 Å². The molecule has 1 aromatic carbocycles. The van der Waals surface area contributed by atoms with Crippen LogP contribution in [-0.2, 0) is 9.53 Å². The Bertz CT molecular complexity index is 830. The van der Waals surface area contributed by atoms with E-state index in [0.717, 1.165) is 30.7 Å². The largest absolute Gasteiger partial charge is 0.453 e. The number of amides is 2. The molecule has 2 heterocycles. The molecule has 1 aliphatic heterocycles. The highest BCUT2D eigenvalue weighted by Crippen LogP contribution is 2.38. The number of anilines is 1. The maximum atomic E-state index is 12.6. The Labute approximate surface area is 150 Å². The number of aromatic nitrogens is 3. The number of hydrogen-bond donors (Lipinski definition) is 2. The molecule has 1 saturated heterocycles. The standard InChI is InChI=1S/C18H21N5O3/c1-26-18(25)23-9-3-6-14(23)17(24)19-13-5-2-4-12(10-13)16-20-15(21-22-16)11-7-8-11/h2,4-5,10-11,14H,3,6-9H2,1H3,(H,19,24)(H,20,21,22). The van der Waals surface area contributed by atoms with Crippen LogP contribution in [0.4, 0.5) is 10.5 Å². The van der Waals surface area contributed by atoms with Crippen molar-refractivity contribution in [2.45, 2.75) is 37.6 Å². The average Bonchev–Trinajstić information content (AvgIpc) is 3.19. The van der Waals surface area contributed by atoms with E-state index in [1.165, 1.54) is 12.0 Å². The first-order valence-electron chi connectivity index (χ1n) is 8.84. The van der Waals surface area contributed by atoms with Gasteiger partial charge in [0.2, 0.25) is 5.91 Å². The maximum absolute atomic E-state index is 12.6. The summed E-state index contributed by atoms with van der Waals surface area (Å²) in [7, 11) is 1.33. The molecule has 1 aromatic heterocycles. The number of ether oxygens (including phenoxy) is 1. The fraction of sp³-hybridized carbons (Fsp3) is 0.444. The van der Waals surface area contributed by atoms with Crippen molar-refractivity contribution < 1.29 is 14.3 Å². The first kappa shape index (κ1) is 16.6. The summed E-state index contributed by atoms with van der Waals surface area (Å²) in [5, 5.41) is 10.2. The van der Waals surface area contributed by atoms with Crippen molar-refractivity contribution in [2.24, 2.45) is 0 Å². The lowest BCUT2D eigenvalue weighted by molar-refractivity contribution is -0.119. The molecule has 8 nitrogen and oxygen atoms in total. The number of aromatic amines is 1. The Morgan fingerprint density at radius 1 is 1.31 bits per heavy atom. The lowest BCUT2D eigenvalue weighted by atomic mass is 10.1. The Hall–Kier alpha value is -2.90. The van der Waals surface area contributed by atoms with Gasteiger partial charge in [0.05, 0.1) is 7.11 Å². The van der Waals surface area contributed by atoms with Gasteiger partial charge in [-0.2, -0.15) is 5.10 Å². The van der Waals surface area contributed by atoms with E-state index < -0.39 is 12.1 Å². The van der Waals surface area contributed by atoms with Gasteiger partial charge in [0, 0.05) is 23.7 Å². The number of nitrogens with one attached hydrogen (secondary N) is 2. The highest BCUT2D eigenvalue weighted by Gasteiger charge is 2.34. The number of benzene rings is 1. The van der Waals surface area contributed by atoms with Crippen molar-refractivity contribution >= 4 is 17.7 Å². The van der Waals surface area contributed by atoms with Gasteiger partial charge in [0.25, 0.3) is 0 Å². The lowest BCUT2D eigenvalue weighted by Crippen LogP contribution is -2.43. The van der Waals surface area contributed by atoms with Crippen LogP contribution < -0.4 is 5.32 Å². The van der Waals surface area contributed by atoms with Gasteiger partial charge in [0.15, 0.2) is 5.82 Å². The Balaban J connectivity index is 1.47. The van der Waals surface area contributed by atoms with E-state index in [9.17, 15) is 9.59 Å². The summed E-state index contributed by atoms with van der Waals surface area (Å²) in [4.78, 5) is 30.4. The zero-order chi connectivity index (χ0) is 18.1. The molecule has 4 rings (SSSR count). The van der Waals surface area contributed by atoms with Gasteiger partial charge in [-0.3, -0.25) is 14.8 Å². The summed E-state index contributed by atoms with van der Waals surface area (Å²) in [6.07, 6.45) is 3.26. The highest BCUT2D eigenvalue weighted by molar-refractivity contribution is 5.97. The van der Waals surface area contributed by atoms with Crippen LogP contribution in [0.15, 0.2) is 24.3 Å². The number of hydrogen-bond acceptors (Lipinski definition) is 5. The minimum Gasteiger partial charge on any atom is -0.453 e. The van der Waals surface area contributed by atoms with Crippen LogP contribution in [0.5, 0.6) is 0 Å². The fourth-order valence-corrected chi connectivity index (χ4v) is 3.28. The molecular weight excluding hydrogens is 334 g/mol. The van der Waals surface area contributed by atoms with E-state index in [2.05, 4.69) is 20.5 Å². The second-order valence-corrected chi connectivity index (χ2v) is 6.71. The van der Waals surface area contributed by atoms with E-state index in [1.54, 1.807) is 0 Å². The number of methoxy groups -OCH3 is 1. The summed E-state index contributed by atoms with van der Waals surface area (Å²) < 4.78 is 4.76. The molecule has 0 spiro atoms. The van der Waals surface area contributed by atoms with E-state index in [-0.39, 0.29) is 5.91 Å². The molecule has 2 amide bonds. The molecule has 1 aliphatic carbocycles. The third-order valence-electron chi connectivity index (χ3n) is 4.82. The van der Waals surface area contributed by atoms with E-state index in [1.807, 2.05) is 24.3 Å². The van der Waals surface area contributed by atoms with Gasteiger partial charge in [-0.1, -0.05) is 12.1 Å². The monoisotopic (exact) mass is 355 g/mol. The zero-order valence-corrected chi connectivity index (χ0v) is 14.6. The van der Waals surface area contributed by atoms with Crippen LogP contribution >= 0.6 is 0 Å². The minimum atomic E-state index is -0.504.